The molecule has 106 valence electrons. The summed E-state index contributed by atoms with van der Waals surface area (Å²) in [7, 11) is 0. The summed E-state index contributed by atoms with van der Waals surface area (Å²) >= 11 is 0. The minimum absolute atomic E-state index is 0.0292. The van der Waals surface area contributed by atoms with E-state index in [1.165, 1.54) is 0 Å². The summed E-state index contributed by atoms with van der Waals surface area (Å²) in [6.45, 7) is 8.86. The van der Waals surface area contributed by atoms with Gasteiger partial charge in [-0.3, -0.25) is 4.79 Å². The molecule has 0 aromatic heterocycles. The van der Waals surface area contributed by atoms with Crippen LogP contribution >= 0.6 is 0 Å². The largest absolute Gasteiger partial charge is 0.483 e. The SMILES string of the molecule is Cc1cc(C)c(OCC(=O)NCCC(C)C)cc1N. The van der Waals surface area contributed by atoms with Crippen molar-refractivity contribution in [1.29, 1.82) is 0 Å². The number of benzene rings is 1. The number of aryl methyl sites for hydroxylation is 2. The first-order valence-electron chi connectivity index (χ1n) is 6.66. The molecule has 0 aliphatic carbocycles. The van der Waals surface area contributed by atoms with Crippen LogP contribution in [-0.2, 0) is 4.79 Å². The number of nitrogens with one attached hydrogen (secondary N) is 1. The fourth-order valence-electron chi connectivity index (χ4n) is 1.70. The van der Waals surface area contributed by atoms with Crippen LogP contribution in [0.3, 0.4) is 0 Å². The molecule has 0 heterocycles. The van der Waals surface area contributed by atoms with Gasteiger partial charge in [0.15, 0.2) is 6.61 Å². The van der Waals surface area contributed by atoms with E-state index < -0.39 is 0 Å². The number of rotatable bonds is 6. The van der Waals surface area contributed by atoms with E-state index >= 15 is 0 Å². The molecule has 0 aliphatic heterocycles. The number of nitrogens with two attached hydrogens (primary N) is 1. The van der Waals surface area contributed by atoms with Gasteiger partial charge < -0.3 is 15.8 Å². The third-order valence-electron chi connectivity index (χ3n) is 2.97. The molecule has 0 bridgehead atoms. The summed E-state index contributed by atoms with van der Waals surface area (Å²) in [6.07, 6.45) is 0.974. The zero-order valence-corrected chi connectivity index (χ0v) is 12.2. The molecule has 0 atom stereocenters. The Morgan fingerprint density at radius 3 is 2.63 bits per heavy atom. The van der Waals surface area contributed by atoms with Gasteiger partial charge in [0.2, 0.25) is 0 Å². The molecule has 0 unspecified atom stereocenters. The van der Waals surface area contributed by atoms with E-state index in [0.29, 0.717) is 23.9 Å². The average molecular weight is 264 g/mol. The summed E-state index contributed by atoms with van der Waals surface area (Å²) in [5.74, 6) is 1.15. The summed E-state index contributed by atoms with van der Waals surface area (Å²) in [5.41, 5.74) is 8.52. The maximum atomic E-state index is 11.6. The Morgan fingerprint density at radius 2 is 2.00 bits per heavy atom. The summed E-state index contributed by atoms with van der Waals surface area (Å²) < 4.78 is 5.50. The maximum absolute atomic E-state index is 11.6. The lowest BCUT2D eigenvalue weighted by Crippen LogP contribution is -2.30. The fourth-order valence-corrected chi connectivity index (χ4v) is 1.70. The second-order valence-electron chi connectivity index (χ2n) is 5.30. The number of amides is 1. The highest BCUT2D eigenvalue weighted by molar-refractivity contribution is 5.77. The third kappa shape index (κ3) is 5.20. The highest BCUT2D eigenvalue weighted by Crippen LogP contribution is 2.24. The highest BCUT2D eigenvalue weighted by atomic mass is 16.5. The van der Waals surface area contributed by atoms with Crippen LogP contribution in [0.4, 0.5) is 5.69 Å². The predicted octanol–water partition coefficient (Wildman–Crippen LogP) is 2.43. The van der Waals surface area contributed by atoms with Crippen LogP contribution in [0.2, 0.25) is 0 Å². The van der Waals surface area contributed by atoms with Crippen LogP contribution in [-0.4, -0.2) is 19.1 Å². The first kappa shape index (κ1) is 15.3. The molecule has 1 aromatic carbocycles. The van der Waals surface area contributed by atoms with Crippen molar-refractivity contribution < 1.29 is 9.53 Å². The Bertz CT molecular complexity index is 442. The normalized spacial score (nSPS) is 10.6. The van der Waals surface area contributed by atoms with Crippen molar-refractivity contribution in [3.05, 3.63) is 23.3 Å². The minimum atomic E-state index is -0.0980. The predicted molar refractivity (Wildman–Crippen MR) is 78.3 cm³/mol. The number of anilines is 1. The average Bonchev–Trinajstić information content (AvgIpc) is 2.31. The Labute approximate surface area is 115 Å². The molecule has 0 radical (unpaired) electrons. The van der Waals surface area contributed by atoms with E-state index in [0.717, 1.165) is 17.5 Å². The first-order valence-corrected chi connectivity index (χ1v) is 6.66. The van der Waals surface area contributed by atoms with Gasteiger partial charge in [-0.05, 0) is 37.3 Å². The Kier molecular flexibility index (Phi) is 5.67. The van der Waals surface area contributed by atoms with Crippen LogP contribution in [0.25, 0.3) is 0 Å². The molecule has 3 N–H and O–H groups in total. The third-order valence-corrected chi connectivity index (χ3v) is 2.97. The highest BCUT2D eigenvalue weighted by Gasteiger charge is 2.07. The Morgan fingerprint density at radius 1 is 1.32 bits per heavy atom. The number of hydrogen-bond acceptors (Lipinski definition) is 3. The van der Waals surface area contributed by atoms with Crippen molar-refractivity contribution in [1.82, 2.24) is 5.32 Å². The van der Waals surface area contributed by atoms with Gasteiger partial charge >= 0.3 is 0 Å². The lowest BCUT2D eigenvalue weighted by molar-refractivity contribution is -0.123. The molecule has 19 heavy (non-hydrogen) atoms. The van der Waals surface area contributed by atoms with E-state index in [1.807, 2.05) is 19.9 Å². The Hall–Kier alpha value is -1.71. The number of nitrogen functional groups attached to an aromatic ring is 1. The molecule has 0 saturated heterocycles. The van der Waals surface area contributed by atoms with Crippen LogP contribution in [0.5, 0.6) is 5.75 Å². The fraction of sp³-hybridized carbons (Fsp3) is 0.533. The lowest BCUT2D eigenvalue weighted by atomic mass is 10.1. The van der Waals surface area contributed by atoms with Crippen LogP contribution in [0, 0.1) is 19.8 Å². The first-order chi connectivity index (χ1) is 8.90. The van der Waals surface area contributed by atoms with Crippen molar-refractivity contribution in [2.75, 3.05) is 18.9 Å². The minimum Gasteiger partial charge on any atom is -0.483 e. The molecule has 1 amide bonds. The van der Waals surface area contributed by atoms with Gasteiger partial charge in [-0.2, -0.15) is 0 Å². The van der Waals surface area contributed by atoms with E-state index in [9.17, 15) is 4.79 Å². The van der Waals surface area contributed by atoms with Gasteiger partial charge in [-0.25, -0.2) is 0 Å². The number of carbonyl (C=O) groups excluding carboxylic acids is 1. The topological polar surface area (TPSA) is 64.3 Å². The van der Waals surface area contributed by atoms with Gasteiger partial charge in [0.25, 0.3) is 5.91 Å². The van der Waals surface area contributed by atoms with Crippen molar-refractivity contribution in [3.8, 4) is 5.75 Å². The molecule has 0 aliphatic rings. The molecule has 0 spiro atoms. The van der Waals surface area contributed by atoms with Crippen LogP contribution in [0.15, 0.2) is 12.1 Å². The van der Waals surface area contributed by atoms with Gasteiger partial charge in [-0.15, -0.1) is 0 Å². The number of hydrogen-bond donors (Lipinski definition) is 2. The van der Waals surface area contributed by atoms with Gasteiger partial charge in [0, 0.05) is 18.3 Å². The monoisotopic (exact) mass is 264 g/mol. The van der Waals surface area contributed by atoms with Gasteiger partial charge in [0.05, 0.1) is 0 Å². The molecule has 1 aromatic rings. The van der Waals surface area contributed by atoms with E-state index in [2.05, 4.69) is 19.2 Å². The Balaban J connectivity index is 2.44. The second-order valence-corrected chi connectivity index (χ2v) is 5.30. The van der Waals surface area contributed by atoms with Crippen molar-refractivity contribution in [2.24, 2.45) is 5.92 Å². The molecule has 0 fully saturated rings. The van der Waals surface area contributed by atoms with Crippen molar-refractivity contribution >= 4 is 11.6 Å². The van der Waals surface area contributed by atoms with E-state index in [4.69, 9.17) is 10.5 Å². The molecular formula is C15H24N2O2. The summed E-state index contributed by atoms with van der Waals surface area (Å²) in [5, 5.41) is 2.83. The zero-order chi connectivity index (χ0) is 14.4. The smallest absolute Gasteiger partial charge is 0.257 e. The van der Waals surface area contributed by atoms with Gasteiger partial charge in [-0.1, -0.05) is 19.9 Å². The van der Waals surface area contributed by atoms with Gasteiger partial charge in [0.1, 0.15) is 5.75 Å². The lowest BCUT2D eigenvalue weighted by Gasteiger charge is -2.12. The van der Waals surface area contributed by atoms with E-state index in [-0.39, 0.29) is 12.5 Å². The van der Waals surface area contributed by atoms with Crippen molar-refractivity contribution in [2.45, 2.75) is 34.1 Å². The molecule has 0 saturated carbocycles. The van der Waals surface area contributed by atoms with Crippen LogP contribution in [0.1, 0.15) is 31.4 Å². The zero-order valence-electron chi connectivity index (χ0n) is 12.2. The second kappa shape index (κ2) is 7.02. The van der Waals surface area contributed by atoms with Crippen molar-refractivity contribution in [3.63, 3.8) is 0 Å². The molecule has 4 nitrogen and oxygen atoms in total. The summed E-state index contributed by atoms with van der Waals surface area (Å²) in [6, 6.07) is 3.73. The number of ether oxygens (including phenoxy) is 1. The van der Waals surface area contributed by atoms with Crippen LogP contribution < -0.4 is 15.8 Å². The summed E-state index contributed by atoms with van der Waals surface area (Å²) in [4.78, 5) is 11.6. The quantitative estimate of drug-likeness (QED) is 0.776. The molecular weight excluding hydrogens is 240 g/mol. The molecule has 1 rings (SSSR count). The van der Waals surface area contributed by atoms with E-state index in [1.54, 1.807) is 6.07 Å². The standard InChI is InChI=1S/C15H24N2O2/c1-10(2)5-6-17-15(18)9-19-14-8-13(16)11(3)7-12(14)4/h7-8,10H,5-6,9,16H2,1-4H3,(H,17,18). The number of carbonyl (C=O) groups is 1. The molecule has 4 heteroatoms. The maximum Gasteiger partial charge on any atom is 0.257 e.